The molecule has 24 heavy (non-hydrogen) atoms. The number of nitrogens with zero attached hydrogens (tertiary/aromatic N) is 1. The predicted molar refractivity (Wildman–Crippen MR) is 96.9 cm³/mol. The van der Waals surface area contributed by atoms with Crippen molar-refractivity contribution in [3.05, 3.63) is 60.2 Å². The molecule has 2 aromatic carbocycles. The van der Waals surface area contributed by atoms with Crippen molar-refractivity contribution in [3.63, 3.8) is 0 Å². The monoisotopic (exact) mass is 317 g/mol. The molecule has 120 valence electrons. The number of carbonyl (C=O) groups excluding carboxylic acids is 1. The lowest BCUT2D eigenvalue weighted by atomic mass is 10.0. The van der Waals surface area contributed by atoms with Crippen LogP contribution in [0.15, 0.2) is 59.7 Å². The summed E-state index contributed by atoms with van der Waals surface area (Å²) in [5.74, 6) is 0.0148. The van der Waals surface area contributed by atoms with Gasteiger partial charge in [0.2, 0.25) is 5.91 Å². The molecule has 1 aliphatic heterocycles. The fourth-order valence-corrected chi connectivity index (χ4v) is 3.09. The highest BCUT2D eigenvalue weighted by Crippen LogP contribution is 2.25. The maximum absolute atomic E-state index is 11.1. The molecule has 1 aromatic heterocycles. The Morgan fingerprint density at radius 1 is 0.958 bits per heavy atom. The third-order valence-electron chi connectivity index (χ3n) is 4.45. The maximum Gasteiger partial charge on any atom is 0.240 e. The average Bonchev–Trinajstić information content (AvgIpc) is 3.05. The lowest BCUT2D eigenvalue weighted by Crippen LogP contribution is -2.25. The second kappa shape index (κ2) is 6.32. The van der Waals surface area contributed by atoms with Crippen molar-refractivity contribution in [1.82, 2.24) is 10.4 Å². The van der Waals surface area contributed by atoms with Crippen LogP contribution in [0.1, 0.15) is 24.8 Å². The van der Waals surface area contributed by atoms with Crippen LogP contribution < -0.4 is 5.43 Å². The van der Waals surface area contributed by atoms with Crippen LogP contribution in [-0.4, -0.2) is 16.6 Å². The Labute approximate surface area is 140 Å². The molecule has 4 heteroatoms. The molecule has 4 nitrogen and oxygen atoms in total. The predicted octanol–water partition coefficient (Wildman–Crippen LogP) is 4.03. The second-order valence-corrected chi connectivity index (χ2v) is 6.18. The van der Waals surface area contributed by atoms with Crippen LogP contribution in [-0.2, 0) is 11.2 Å². The van der Waals surface area contributed by atoms with E-state index in [1.807, 2.05) is 6.07 Å². The van der Waals surface area contributed by atoms with Gasteiger partial charge in [0.25, 0.3) is 0 Å². The van der Waals surface area contributed by atoms with E-state index in [0.717, 1.165) is 36.2 Å². The fraction of sp³-hybridized carbons (Fsp3) is 0.200. The van der Waals surface area contributed by atoms with E-state index in [2.05, 4.69) is 64.0 Å². The lowest BCUT2D eigenvalue weighted by Gasteiger charge is -2.11. The zero-order chi connectivity index (χ0) is 16.4. The maximum atomic E-state index is 11.1. The first-order chi connectivity index (χ1) is 11.8. The topological polar surface area (TPSA) is 57.2 Å². The highest BCUT2D eigenvalue weighted by Gasteiger charge is 2.11. The molecule has 0 unspecified atom stereocenters. The molecule has 4 rings (SSSR count). The summed E-state index contributed by atoms with van der Waals surface area (Å²) < 4.78 is 0. The van der Waals surface area contributed by atoms with Gasteiger partial charge in [-0.15, -0.1) is 0 Å². The van der Waals surface area contributed by atoms with Crippen molar-refractivity contribution in [2.24, 2.45) is 5.10 Å². The van der Waals surface area contributed by atoms with E-state index < -0.39 is 0 Å². The number of hydrogen-bond donors (Lipinski definition) is 2. The van der Waals surface area contributed by atoms with Gasteiger partial charge >= 0.3 is 0 Å². The van der Waals surface area contributed by atoms with Crippen molar-refractivity contribution in [2.75, 3.05) is 0 Å². The summed E-state index contributed by atoms with van der Waals surface area (Å²) in [4.78, 5) is 14.6. The van der Waals surface area contributed by atoms with Gasteiger partial charge < -0.3 is 4.98 Å². The van der Waals surface area contributed by atoms with E-state index in [1.54, 1.807) is 0 Å². The molecule has 0 saturated carbocycles. The van der Waals surface area contributed by atoms with Gasteiger partial charge in [-0.2, -0.15) is 5.10 Å². The van der Waals surface area contributed by atoms with Crippen molar-refractivity contribution < 1.29 is 4.79 Å². The first-order valence-corrected chi connectivity index (χ1v) is 8.29. The van der Waals surface area contributed by atoms with Crippen LogP contribution in [0.25, 0.3) is 22.2 Å². The number of aromatic amines is 1. The smallest absolute Gasteiger partial charge is 0.240 e. The third kappa shape index (κ3) is 3.08. The van der Waals surface area contributed by atoms with E-state index in [9.17, 15) is 4.79 Å². The number of carbonyl (C=O) groups is 1. The molecule has 0 bridgehead atoms. The molecule has 0 saturated heterocycles. The Hall–Kier alpha value is -2.88. The van der Waals surface area contributed by atoms with Gasteiger partial charge in [-0.25, -0.2) is 5.43 Å². The number of nitrogens with one attached hydrogen (secondary N) is 2. The molecule has 1 aliphatic rings. The summed E-state index contributed by atoms with van der Waals surface area (Å²) in [6, 6.07) is 19.1. The molecule has 2 heterocycles. The van der Waals surface area contributed by atoms with Crippen molar-refractivity contribution in [3.8, 4) is 11.3 Å². The minimum absolute atomic E-state index is 0.0148. The average molecular weight is 317 g/mol. The Morgan fingerprint density at radius 3 is 2.62 bits per heavy atom. The Bertz CT molecular complexity index is 909. The lowest BCUT2D eigenvalue weighted by molar-refractivity contribution is -0.121. The zero-order valence-electron chi connectivity index (χ0n) is 13.4. The molecule has 2 N–H and O–H groups in total. The largest absolute Gasteiger partial charge is 0.355 e. The van der Waals surface area contributed by atoms with Gasteiger partial charge in [0.05, 0.1) is 0 Å². The van der Waals surface area contributed by atoms with Crippen molar-refractivity contribution in [1.29, 1.82) is 0 Å². The Balaban J connectivity index is 1.52. The summed E-state index contributed by atoms with van der Waals surface area (Å²) in [7, 11) is 0. The summed E-state index contributed by atoms with van der Waals surface area (Å²) in [6.45, 7) is 0. The highest BCUT2D eigenvalue weighted by atomic mass is 16.2. The van der Waals surface area contributed by atoms with Gasteiger partial charge in [-0.05, 0) is 48.6 Å². The van der Waals surface area contributed by atoms with Gasteiger partial charge in [0.1, 0.15) is 0 Å². The molecular formula is C20H19N3O. The minimum atomic E-state index is 0.0148. The normalized spacial score (nSPS) is 14.5. The summed E-state index contributed by atoms with van der Waals surface area (Å²) >= 11 is 0. The number of benzene rings is 2. The summed E-state index contributed by atoms with van der Waals surface area (Å²) in [5, 5.41) is 5.37. The quantitative estimate of drug-likeness (QED) is 0.750. The SMILES string of the molecule is O=C1CCC(CCc2ccc3[nH]c(-c4ccccc4)cc3c2)=NN1. The van der Waals surface area contributed by atoms with Crippen molar-refractivity contribution in [2.45, 2.75) is 25.7 Å². The van der Waals surface area contributed by atoms with E-state index in [1.165, 1.54) is 16.5 Å². The van der Waals surface area contributed by atoms with Crippen molar-refractivity contribution >= 4 is 22.5 Å². The molecule has 0 fully saturated rings. The molecular weight excluding hydrogens is 298 g/mol. The Kier molecular flexibility index (Phi) is 3.87. The van der Waals surface area contributed by atoms with Crippen LogP contribution in [0.2, 0.25) is 0 Å². The number of H-pyrrole nitrogens is 1. The Morgan fingerprint density at radius 2 is 1.83 bits per heavy atom. The molecule has 0 atom stereocenters. The van der Waals surface area contributed by atoms with E-state index in [-0.39, 0.29) is 5.91 Å². The minimum Gasteiger partial charge on any atom is -0.355 e. The van der Waals surface area contributed by atoms with E-state index >= 15 is 0 Å². The number of hydrazone groups is 1. The number of aromatic nitrogens is 1. The van der Waals surface area contributed by atoms with E-state index in [0.29, 0.717) is 6.42 Å². The molecule has 1 amide bonds. The number of aryl methyl sites for hydroxylation is 1. The third-order valence-corrected chi connectivity index (χ3v) is 4.45. The van der Waals surface area contributed by atoms with Gasteiger partial charge in [0, 0.05) is 28.7 Å². The van der Waals surface area contributed by atoms with Crippen LogP contribution in [0.5, 0.6) is 0 Å². The molecule has 3 aromatic rings. The zero-order valence-corrected chi connectivity index (χ0v) is 13.4. The number of hydrogen-bond acceptors (Lipinski definition) is 2. The number of fused-ring (bicyclic) bond motifs is 1. The van der Waals surface area contributed by atoms with Crippen LogP contribution in [0.3, 0.4) is 0 Å². The summed E-state index contributed by atoms with van der Waals surface area (Å²) in [5.41, 5.74) is 8.42. The van der Waals surface area contributed by atoms with Crippen LogP contribution in [0.4, 0.5) is 0 Å². The van der Waals surface area contributed by atoms with Gasteiger partial charge in [0.15, 0.2) is 0 Å². The highest BCUT2D eigenvalue weighted by molar-refractivity contribution is 5.92. The first kappa shape index (κ1) is 14.7. The van der Waals surface area contributed by atoms with E-state index in [4.69, 9.17) is 0 Å². The molecule has 0 aliphatic carbocycles. The number of rotatable bonds is 4. The molecule has 0 spiro atoms. The van der Waals surface area contributed by atoms with Gasteiger partial charge in [-0.1, -0.05) is 36.4 Å². The number of amides is 1. The van der Waals surface area contributed by atoms with Gasteiger partial charge in [-0.3, -0.25) is 4.79 Å². The van der Waals surface area contributed by atoms with Crippen LogP contribution >= 0.6 is 0 Å². The standard InChI is InChI=1S/C20H19N3O/c24-20-11-9-17(22-23-20)8-6-14-7-10-18-16(12-14)13-19(21-18)15-4-2-1-3-5-15/h1-5,7,10,12-13,21H,6,8-9,11H2,(H,23,24). The fourth-order valence-electron chi connectivity index (χ4n) is 3.09. The molecule has 0 radical (unpaired) electrons. The summed E-state index contributed by atoms with van der Waals surface area (Å²) in [6.07, 6.45) is 3.16. The van der Waals surface area contributed by atoms with Crippen LogP contribution in [0, 0.1) is 0 Å². The second-order valence-electron chi connectivity index (χ2n) is 6.18. The first-order valence-electron chi connectivity index (χ1n) is 8.29.